The quantitative estimate of drug-likeness (QED) is 0.780. The third-order valence-corrected chi connectivity index (χ3v) is 5.21. The molecule has 0 radical (unpaired) electrons. The van der Waals surface area contributed by atoms with Crippen molar-refractivity contribution < 1.29 is 0 Å². The molecule has 1 fully saturated rings. The van der Waals surface area contributed by atoms with Crippen LogP contribution < -0.4 is 5.32 Å². The van der Waals surface area contributed by atoms with Crippen LogP contribution in [0.25, 0.3) is 10.8 Å². The Bertz CT molecular complexity index is 629. The average molecular weight is 310 g/mol. The summed E-state index contributed by atoms with van der Waals surface area (Å²) in [6.45, 7) is 9.09. The zero-order chi connectivity index (χ0) is 16.1. The molecule has 2 aromatic rings. The van der Waals surface area contributed by atoms with Crippen LogP contribution in [0, 0.1) is 6.92 Å². The highest BCUT2D eigenvalue weighted by Crippen LogP contribution is 2.33. The van der Waals surface area contributed by atoms with Crippen LogP contribution in [0.5, 0.6) is 0 Å². The molecule has 124 valence electrons. The highest BCUT2D eigenvalue weighted by Gasteiger charge is 2.23. The normalized spacial score (nSPS) is 17.5. The monoisotopic (exact) mass is 310 g/mol. The summed E-state index contributed by atoms with van der Waals surface area (Å²) in [6, 6.07) is 14.2. The molecule has 23 heavy (non-hydrogen) atoms. The van der Waals surface area contributed by atoms with Gasteiger partial charge in [-0.15, -0.1) is 0 Å². The minimum Gasteiger partial charge on any atom is -0.314 e. The molecule has 0 saturated carbocycles. The Morgan fingerprint density at radius 2 is 1.74 bits per heavy atom. The van der Waals surface area contributed by atoms with Gasteiger partial charge in [-0.1, -0.05) is 62.6 Å². The lowest BCUT2D eigenvalue weighted by atomic mass is 9.91. The van der Waals surface area contributed by atoms with Crippen molar-refractivity contribution in [3.63, 3.8) is 0 Å². The van der Waals surface area contributed by atoms with Crippen LogP contribution in [0.1, 0.15) is 49.8 Å². The van der Waals surface area contributed by atoms with Crippen molar-refractivity contribution in [1.82, 2.24) is 10.2 Å². The van der Waals surface area contributed by atoms with Crippen LogP contribution in [0.2, 0.25) is 0 Å². The number of hydrogen-bond donors (Lipinski definition) is 1. The molecule has 3 rings (SSSR count). The Kier molecular flexibility index (Phi) is 5.69. The van der Waals surface area contributed by atoms with Gasteiger partial charge in [0.25, 0.3) is 0 Å². The first-order chi connectivity index (χ1) is 11.3. The van der Waals surface area contributed by atoms with Gasteiger partial charge < -0.3 is 5.32 Å². The molecule has 1 N–H and O–H groups in total. The highest BCUT2D eigenvalue weighted by molar-refractivity contribution is 5.88. The van der Waals surface area contributed by atoms with E-state index in [0.717, 1.165) is 13.1 Å². The fourth-order valence-corrected chi connectivity index (χ4v) is 3.88. The predicted molar refractivity (Wildman–Crippen MR) is 100 cm³/mol. The largest absolute Gasteiger partial charge is 0.314 e. The van der Waals surface area contributed by atoms with Gasteiger partial charge in [0, 0.05) is 32.2 Å². The van der Waals surface area contributed by atoms with E-state index in [9.17, 15) is 0 Å². The SMILES string of the molecule is CCCCC[C@@H](c1ccc(C)c2ccccc12)N1CCNCC1. The van der Waals surface area contributed by atoms with Crippen molar-refractivity contribution in [1.29, 1.82) is 0 Å². The van der Waals surface area contributed by atoms with E-state index >= 15 is 0 Å². The van der Waals surface area contributed by atoms with Gasteiger partial charge in [-0.25, -0.2) is 0 Å². The molecule has 0 aliphatic carbocycles. The van der Waals surface area contributed by atoms with Gasteiger partial charge in [0.1, 0.15) is 0 Å². The minimum absolute atomic E-state index is 0.564. The second-order valence-electron chi connectivity index (χ2n) is 6.81. The molecule has 1 heterocycles. The number of unbranched alkanes of at least 4 members (excludes halogenated alkanes) is 2. The average Bonchev–Trinajstić information content (AvgIpc) is 2.61. The number of aryl methyl sites for hydroxylation is 1. The molecule has 0 spiro atoms. The summed E-state index contributed by atoms with van der Waals surface area (Å²) in [6.07, 6.45) is 5.24. The first kappa shape index (κ1) is 16.5. The van der Waals surface area contributed by atoms with Gasteiger partial charge in [0.2, 0.25) is 0 Å². The van der Waals surface area contributed by atoms with Gasteiger partial charge in [-0.3, -0.25) is 4.90 Å². The Morgan fingerprint density at radius 3 is 2.48 bits per heavy atom. The highest BCUT2D eigenvalue weighted by atomic mass is 15.2. The summed E-state index contributed by atoms with van der Waals surface area (Å²) in [5.41, 5.74) is 2.92. The number of benzene rings is 2. The summed E-state index contributed by atoms with van der Waals surface area (Å²) < 4.78 is 0. The zero-order valence-electron chi connectivity index (χ0n) is 14.6. The maximum atomic E-state index is 3.49. The predicted octanol–water partition coefficient (Wildman–Crippen LogP) is 4.67. The van der Waals surface area contributed by atoms with Crippen LogP contribution in [0.4, 0.5) is 0 Å². The molecule has 2 nitrogen and oxygen atoms in total. The number of nitrogens with zero attached hydrogens (tertiary/aromatic N) is 1. The summed E-state index contributed by atoms with van der Waals surface area (Å²) in [4.78, 5) is 2.70. The fraction of sp³-hybridized carbons (Fsp3) is 0.524. The summed E-state index contributed by atoms with van der Waals surface area (Å²) >= 11 is 0. The van der Waals surface area contributed by atoms with Crippen molar-refractivity contribution in [3.05, 3.63) is 47.5 Å². The van der Waals surface area contributed by atoms with Crippen LogP contribution in [0.15, 0.2) is 36.4 Å². The molecule has 1 aliphatic heterocycles. The Labute approximate surface area is 140 Å². The van der Waals surface area contributed by atoms with E-state index in [-0.39, 0.29) is 0 Å². The maximum absolute atomic E-state index is 3.49. The summed E-state index contributed by atoms with van der Waals surface area (Å²) in [7, 11) is 0. The van der Waals surface area contributed by atoms with Crippen molar-refractivity contribution in [2.75, 3.05) is 26.2 Å². The second kappa shape index (κ2) is 7.94. The van der Waals surface area contributed by atoms with Gasteiger partial charge in [-0.2, -0.15) is 0 Å². The van der Waals surface area contributed by atoms with E-state index in [1.54, 1.807) is 0 Å². The topological polar surface area (TPSA) is 15.3 Å². The smallest absolute Gasteiger partial charge is 0.0355 e. The fourth-order valence-electron chi connectivity index (χ4n) is 3.88. The Morgan fingerprint density at radius 1 is 1.00 bits per heavy atom. The van der Waals surface area contributed by atoms with Crippen molar-refractivity contribution >= 4 is 10.8 Å². The van der Waals surface area contributed by atoms with Crippen molar-refractivity contribution in [3.8, 4) is 0 Å². The molecule has 1 aliphatic rings. The second-order valence-corrected chi connectivity index (χ2v) is 6.81. The maximum Gasteiger partial charge on any atom is 0.0355 e. The number of piperazine rings is 1. The summed E-state index contributed by atoms with van der Waals surface area (Å²) in [5.74, 6) is 0. The number of rotatable bonds is 6. The molecule has 0 amide bonds. The summed E-state index contributed by atoms with van der Waals surface area (Å²) in [5, 5.41) is 6.36. The molecule has 2 heteroatoms. The Balaban J connectivity index is 1.96. The number of hydrogen-bond acceptors (Lipinski definition) is 2. The first-order valence-corrected chi connectivity index (χ1v) is 9.24. The van der Waals surface area contributed by atoms with Crippen molar-refractivity contribution in [2.45, 2.75) is 45.6 Å². The molecular formula is C21H30N2. The Hall–Kier alpha value is -1.38. The van der Waals surface area contributed by atoms with E-state index in [1.165, 1.54) is 60.7 Å². The molecular weight excluding hydrogens is 280 g/mol. The van der Waals surface area contributed by atoms with Gasteiger partial charge in [-0.05, 0) is 35.2 Å². The number of nitrogens with one attached hydrogen (secondary N) is 1. The van der Waals surface area contributed by atoms with E-state index in [2.05, 4.69) is 60.5 Å². The van der Waals surface area contributed by atoms with Crippen LogP contribution in [-0.4, -0.2) is 31.1 Å². The molecule has 0 unspecified atom stereocenters. The lowest BCUT2D eigenvalue weighted by molar-refractivity contribution is 0.163. The lowest BCUT2D eigenvalue weighted by Crippen LogP contribution is -2.45. The van der Waals surface area contributed by atoms with E-state index in [0.29, 0.717) is 6.04 Å². The van der Waals surface area contributed by atoms with Crippen LogP contribution >= 0.6 is 0 Å². The number of fused-ring (bicyclic) bond motifs is 1. The van der Waals surface area contributed by atoms with E-state index < -0.39 is 0 Å². The van der Waals surface area contributed by atoms with Gasteiger partial charge in [0.05, 0.1) is 0 Å². The van der Waals surface area contributed by atoms with E-state index in [1.807, 2.05) is 0 Å². The molecule has 0 bridgehead atoms. The van der Waals surface area contributed by atoms with Crippen LogP contribution in [0.3, 0.4) is 0 Å². The van der Waals surface area contributed by atoms with Gasteiger partial charge >= 0.3 is 0 Å². The molecule has 1 saturated heterocycles. The van der Waals surface area contributed by atoms with Crippen LogP contribution in [-0.2, 0) is 0 Å². The van der Waals surface area contributed by atoms with Gasteiger partial charge in [0.15, 0.2) is 0 Å². The third-order valence-electron chi connectivity index (χ3n) is 5.21. The third kappa shape index (κ3) is 3.76. The molecule has 0 aromatic heterocycles. The van der Waals surface area contributed by atoms with Crippen molar-refractivity contribution in [2.24, 2.45) is 0 Å². The minimum atomic E-state index is 0.564. The first-order valence-electron chi connectivity index (χ1n) is 9.24. The molecule has 2 aromatic carbocycles. The standard InChI is InChI=1S/C21H30N2/c1-3-4-5-10-21(23-15-13-22-14-16-23)20-12-11-17(2)18-8-6-7-9-19(18)20/h6-9,11-12,21-22H,3-5,10,13-16H2,1-2H3/t21-/m0/s1. The van der Waals surface area contributed by atoms with E-state index in [4.69, 9.17) is 0 Å². The zero-order valence-corrected chi connectivity index (χ0v) is 14.6. The lowest BCUT2D eigenvalue weighted by Gasteiger charge is -2.36. The molecule has 1 atom stereocenters.